The van der Waals surface area contributed by atoms with Gasteiger partial charge in [-0.15, -0.1) is 0 Å². The lowest BCUT2D eigenvalue weighted by Crippen LogP contribution is -2.18. The fraction of sp³-hybridized carbons (Fsp3) is 0.286. The molecule has 1 aliphatic heterocycles. The standard InChI is InChI=1S/C14H14N2O2/c17-9-11-3-1-4-12(7-11)18-14-5-2-6-16-10-15-8-13(14)16/h1,3-4,7-10,14H,2,5-6H2. The van der Waals surface area contributed by atoms with Crippen LogP contribution in [-0.4, -0.2) is 15.8 Å². The van der Waals surface area contributed by atoms with E-state index in [9.17, 15) is 4.79 Å². The number of hydrogen-bond acceptors (Lipinski definition) is 3. The highest BCUT2D eigenvalue weighted by molar-refractivity contribution is 5.75. The minimum absolute atomic E-state index is 0.0307. The van der Waals surface area contributed by atoms with Crippen molar-refractivity contribution in [2.24, 2.45) is 0 Å². The maximum Gasteiger partial charge on any atom is 0.150 e. The van der Waals surface area contributed by atoms with Crippen LogP contribution < -0.4 is 4.74 Å². The van der Waals surface area contributed by atoms with E-state index < -0.39 is 0 Å². The van der Waals surface area contributed by atoms with Gasteiger partial charge in [-0.1, -0.05) is 12.1 Å². The smallest absolute Gasteiger partial charge is 0.150 e. The maximum absolute atomic E-state index is 10.7. The summed E-state index contributed by atoms with van der Waals surface area (Å²) in [7, 11) is 0. The molecule has 1 aliphatic rings. The van der Waals surface area contributed by atoms with E-state index in [1.54, 1.807) is 12.1 Å². The zero-order chi connectivity index (χ0) is 12.4. The molecule has 1 unspecified atom stereocenters. The van der Waals surface area contributed by atoms with E-state index in [2.05, 4.69) is 9.55 Å². The first kappa shape index (κ1) is 11.0. The van der Waals surface area contributed by atoms with Crippen LogP contribution in [0.3, 0.4) is 0 Å². The third-order valence-corrected chi connectivity index (χ3v) is 3.21. The van der Waals surface area contributed by atoms with Gasteiger partial charge in [0.15, 0.2) is 0 Å². The second-order valence-corrected chi connectivity index (χ2v) is 4.45. The van der Waals surface area contributed by atoms with Crippen molar-refractivity contribution in [3.05, 3.63) is 48.0 Å². The fourth-order valence-electron chi connectivity index (χ4n) is 2.33. The van der Waals surface area contributed by atoms with Gasteiger partial charge in [0.05, 0.1) is 18.2 Å². The Morgan fingerprint density at radius 2 is 2.39 bits per heavy atom. The molecule has 0 amide bonds. The number of carbonyl (C=O) groups is 1. The summed E-state index contributed by atoms with van der Waals surface area (Å²) in [5, 5.41) is 0. The van der Waals surface area contributed by atoms with Crippen LogP contribution in [0.25, 0.3) is 0 Å². The number of imidazole rings is 1. The molecule has 0 spiro atoms. The molecule has 0 fully saturated rings. The Morgan fingerprint density at radius 3 is 3.28 bits per heavy atom. The third-order valence-electron chi connectivity index (χ3n) is 3.21. The molecule has 2 heterocycles. The molecule has 0 aliphatic carbocycles. The van der Waals surface area contributed by atoms with Crippen molar-refractivity contribution in [1.29, 1.82) is 0 Å². The monoisotopic (exact) mass is 242 g/mol. The second kappa shape index (κ2) is 4.64. The third kappa shape index (κ3) is 2.01. The van der Waals surface area contributed by atoms with E-state index in [1.807, 2.05) is 24.7 Å². The fourth-order valence-corrected chi connectivity index (χ4v) is 2.33. The Balaban J connectivity index is 1.83. The summed E-state index contributed by atoms with van der Waals surface area (Å²) >= 11 is 0. The van der Waals surface area contributed by atoms with Gasteiger partial charge in [0, 0.05) is 12.1 Å². The van der Waals surface area contributed by atoms with Crippen LogP contribution in [0, 0.1) is 0 Å². The second-order valence-electron chi connectivity index (χ2n) is 4.45. The molecule has 4 nitrogen and oxygen atoms in total. The number of aromatic nitrogens is 2. The van der Waals surface area contributed by atoms with Gasteiger partial charge in [0.2, 0.25) is 0 Å². The minimum Gasteiger partial charge on any atom is -0.484 e. The number of carbonyl (C=O) groups excluding carboxylic acids is 1. The first-order chi connectivity index (χ1) is 8.86. The molecule has 92 valence electrons. The molecular weight excluding hydrogens is 228 g/mol. The lowest BCUT2D eigenvalue weighted by molar-refractivity contribution is 0.112. The number of ether oxygens (including phenoxy) is 1. The lowest BCUT2D eigenvalue weighted by Gasteiger charge is -2.25. The van der Waals surface area contributed by atoms with E-state index >= 15 is 0 Å². The molecule has 0 N–H and O–H groups in total. The highest BCUT2D eigenvalue weighted by Crippen LogP contribution is 2.29. The van der Waals surface area contributed by atoms with E-state index in [-0.39, 0.29) is 6.10 Å². The maximum atomic E-state index is 10.7. The Bertz CT molecular complexity index is 562. The Morgan fingerprint density at radius 1 is 1.44 bits per heavy atom. The first-order valence-electron chi connectivity index (χ1n) is 6.09. The summed E-state index contributed by atoms with van der Waals surface area (Å²) in [5.74, 6) is 0.735. The van der Waals surface area contributed by atoms with Crippen LogP contribution >= 0.6 is 0 Å². The quantitative estimate of drug-likeness (QED) is 0.777. The number of nitrogens with zero attached hydrogens (tertiary/aromatic N) is 2. The van der Waals surface area contributed by atoms with E-state index in [1.165, 1.54) is 0 Å². The number of hydrogen-bond donors (Lipinski definition) is 0. The van der Waals surface area contributed by atoms with Crippen LogP contribution in [-0.2, 0) is 6.54 Å². The van der Waals surface area contributed by atoms with Crippen molar-refractivity contribution in [3.8, 4) is 5.75 Å². The topological polar surface area (TPSA) is 44.1 Å². The van der Waals surface area contributed by atoms with Crippen molar-refractivity contribution >= 4 is 6.29 Å². The summed E-state index contributed by atoms with van der Waals surface area (Å²) in [4.78, 5) is 14.9. The zero-order valence-corrected chi connectivity index (χ0v) is 9.95. The number of rotatable bonds is 3. The van der Waals surface area contributed by atoms with Crippen molar-refractivity contribution in [3.63, 3.8) is 0 Å². The van der Waals surface area contributed by atoms with Gasteiger partial charge >= 0.3 is 0 Å². The predicted molar refractivity (Wildman–Crippen MR) is 66.7 cm³/mol. The lowest BCUT2D eigenvalue weighted by atomic mass is 10.1. The van der Waals surface area contributed by atoms with Crippen LogP contribution in [0.2, 0.25) is 0 Å². The van der Waals surface area contributed by atoms with Gasteiger partial charge in [-0.25, -0.2) is 4.98 Å². The van der Waals surface area contributed by atoms with E-state index in [4.69, 9.17) is 4.74 Å². The number of fused-ring (bicyclic) bond motifs is 1. The van der Waals surface area contributed by atoms with Crippen molar-refractivity contribution in [2.45, 2.75) is 25.5 Å². The van der Waals surface area contributed by atoms with Crippen molar-refractivity contribution in [1.82, 2.24) is 9.55 Å². The Kier molecular flexibility index (Phi) is 2.84. The molecular formula is C14H14N2O2. The van der Waals surface area contributed by atoms with Gasteiger partial charge in [-0.05, 0) is 25.0 Å². The van der Waals surface area contributed by atoms with Gasteiger partial charge < -0.3 is 9.30 Å². The number of benzene rings is 1. The largest absolute Gasteiger partial charge is 0.484 e. The number of aryl methyl sites for hydroxylation is 1. The normalized spacial score (nSPS) is 18.1. The van der Waals surface area contributed by atoms with Gasteiger partial charge in [-0.3, -0.25) is 4.79 Å². The van der Waals surface area contributed by atoms with Crippen LogP contribution in [0.5, 0.6) is 5.75 Å². The summed E-state index contributed by atoms with van der Waals surface area (Å²) in [6.45, 7) is 1.00. The predicted octanol–water partition coefficient (Wildman–Crippen LogP) is 2.61. The van der Waals surface area contributed by atoms with E-state index in [0.717, 1.165) is 37.1 Å². The molecule has 0 radical (unpaired) electrons. The Labute approximate surface area is 105 Å². The van der Waals surface area contributed by atoms with Crippen molar-refractivity contribution in [2.75, 3.05) is 0 Å². The molecule has 1 aromatic carbocycles. The summed E-state index contributed by atoms with van der Waals surface area (Å²) in [6, 6.07) is 7.24. The van der Waals surface area contributed by atoms with Crippen LogP contribution in [0.15, 0.2) is 36.8 Å². The molecule has 3 rings (SSSR count). The summed E-state index contributed by atoms with van der Waals surface area (Å²) < 4.78 is 8.09. The van der Waals surface area contributed by atoms with Crippen molar-refractivity contribution < 1.29 is 9.53 Å². The minimum atomic E-state index is 0.0307. The number of aldehydes is 1. The Hall–Kier alpha value is -2.10. The average molecular weight is 242 g/mol. The summed E-state index contributed by atoms with van der Waals surface area (Å²) in [5.41, 5.74) is 1.74. The molecule has 1 atom stereocenters. The molecule has 0 bridgehead atoms. The van der Waals surface area contributed by atoms with Crippen LogP contribution in [0.1, 0.15) is 35.0 Å². The van der Waals surface area contributed by atoms with Gasteiger partial charge in [-0.2, -0.15) is 0 Å². The first-order valence-corrected chi connectivity index (χ1v) is 6.09. The average Bonchev–Trinajstić information content (AvgIpc) is 2.88. The summed E-state index contributed by atoms with van der Waals surface area (Å²) in [6.07, 6.45) is 6.62. The SMILES string of the molecule is O=Cc1cccc(OC2CCCn3cncc32)c1. The van der Waals surface area contributed by atoms with E-state index in [0.29, 0.717) is 5.56 Å². The van der Waals surface area contributed by atoms with Crippen LogP contribution in [0.4, 0.5) is 0 Å². The highest BCUT2D eigenvalue weighted by Gasteiger charge is 2.21. The molecule has 2 aromatic rings. The zero-order valence-electron chi connectivity index (χ0n) is 9.95. The van der Waals surface area contributed by atoms with Gasteiger partial charge in [0.1, 0.15) is 18.1 Å². The molecule has 18 heavy (non-hydrogen) atoms. The molecule has 0 saturated heterocycles. The molecule has 1 aromatic heterocycles. The molecule has 0 saturated carbocycles. The molecule has 4 heteroatoms. The van der Waals surface area contributed by atoms with Gasteiger partial charge in [0.25, 0.3) is 0 Å². The highest BCUT2D eigenvalue weighted by atomic mass is 16.5.